The summed E-state index contributed by atoms with van der Waals surface area (Å²) in [6.45, 7) is 10.9. The molecular weight excluding hydrogens is 384 g/mol. The van der Waals surface area contributed by atoms with Crippen LogP contribution in [-0.2, 0) is 0 Å². The average molecular weight is 417 g/mol. The van der Waals surface area contributed by atoms with E-state index < -0.39 is 0 Å². The van der Waals surface area contributed by atoms with Crippen LogP contribution in [0, 0.1) is 5.92 Å². The van der Waals surface area contributed by atoms with Gasteiger partial charge in [0.15, 0.2) is 0 Å². The maximum absolute atomic E-state index is 4.70. The van der Waals surface area contributed by atoms with E-state index in [0.29, 0.717) is 5.92 Å². The van der Waals surface area contributed by atoms with Crippen LogP contribution in [0.3, 0.4) is 0 Å². The number of nitrogens with zero attached hydrogens (tertiary/aromatic N) is 3. The number of piperidine rings is 2. The first-order valence-corrected chi connectivity index (χ1v) is 11.6. The highest BCUT2D eigenvalue weighted by atomic mass is 15.2. The van der Waals surface area contributed by atoms with Crippen molar-refractivity contribution in [2.75, 3.05) is 31.1 Å². The van der Waals surface area contributed by atoms with Crippen molar-refractivity contribution in [3.05, 3.63) is 40.5 Å². The van der Waals surface area contributed by atoms with E-state index in [1.165, 1.54) is 37.7 Å². The standard InChI is InChI=1S/C25H32N6/c1-17(19-8-11-26-12-9-19)6-7-21-18(2)24(30-29-21)23-16-20-22(28-23)10-13-27-25(20)31-14-4-3-5-15-31/h6-7,10,13,16,19,26,28-29H,2-5,8-9,11-12,14-15H2,1H3/b17-6+,21-7+. The molecule has 0 unspecified atom stereocenters. The number of aromatic nitrogens is 4. The summed E-state index contributed by atoms with van der Waals surface area (Å²) >= 11 is 0. The first-order valence-electron chi connectivity index (χ1n) is 11.6. The normalized spacial score (nSPS) is 19.5. The highest BCUT2D eigenvalue weighted by Gasteiger charge is 2.17. The molecule has 2 saturated heterocycles. The molecule has 2 aliphatic rings. The lowest BCUT2D eigenvalue weighted by Crippen LogP contribution is -2.30. The molecule has 0 aromatic carbocycles. The molecule has 3 N–H and O–H groups in total. The van der Waals surface area contributed by atoms with Crippen LogP contribution >= 0.6 is 0 Å². The van der Waals surface area contributed by atoms with Crippen molar-refractivity contribution in [2.45, 2.75) is 39.0 Å². The fraction of sp³-hybridized carbons (Fsp3) is 0.440. The second kappa shape index (κ2) is 8.71. The molecule has 5 heterocycles. The fourth-order valence-corrected chi connectivity index (χ4v) is 4.89. The molecule has 5 rings (SSSR count). The lowest BCUT2D eigenvalue weighted by Gasteiger charge is -2.28. The Morgan fingerprint density at radius 1 is 1.19 bits per heavy atom. The summed E-state index contributed by atoms with van der Waals surface area (Å²) in [5.74, 6) is 1.75. The van der Waals surface area contributed by atoms with E-state index in [1.807, 2.05) is 12.3 Å². The van der Waals surface area contributed by atoms with Gasteiger partial charge in [0.05, 0.1) is 16.6 Å². The van der Waals surface area contributed by atoms with Gasteiger partial charge < -0.3 is 15.2 Å². The number of nitrogens with one attached hydrogen (secondary N) is 3. The lowest BCUT2D eigenvalue weighted by molar-refractivity contribution is 0.420. The second-order valence-corrected chi connectivity index (χ2v) is 8.89. The SMILES string of the molecule is C=c1c(-c2cc3c(N4CCCCC4)nccc3[nH]2)n[nH]/c1=C/C=C(\C)C1CCNCC1. The zero-order chi connectivity index (χ0) is 21.2. The minimum Gasteiger partial charge on any atom is -0.356 e. The molecule has 6 nitrogen and oxygen atoms in total. The monoisotopic (exact) mass is 416 g/mol. The molecular formula is C25H32N6. The predicted octanol–water partition coefficient (Wildman–Crippen LogP) is 3.08. The third-order valence-corrected chi connectivity index (χ3v) is 6.83. The van der Waals surface area contributed by atoms with Gasteiger partial charge in [0.2, 0.25) is 0 Å². The van der Waals surface area contributed by atoms with Crippen molar-refractivity contribution in [3.63, 3.8) is 0 Å². The summed E-state index contributed by atoms with van der Waals surface area (Å²) in [5.41, 5.74) is 4.39. The molecule has 0 aliphatic carbocycles. The smallest absolute Gasteiger partial charge is 0.137 e. The Morgan fingerprint density at radius 3 is 2.81 bits per heavy atom. The second-order valence-electron chi connectivity index (χ2n) is 8.89. The van der Waals surface area contributed by atoms with Crippen LogP contribution in [0.1, 0.15) is 39.0 Å². The minimum absolute atomic E-state index is 0.669. The number of hydrogen-bond donors (Lipinski definition) is 3. The Bertz CT molecular complexity index is 1190. The van der Waals surface area contributed by atoms with E-state index in [4.69, 9.17) is 4.98 Å². The molecule has 0 amide bonds. The molecule has 0 atom stereocenters. The third-order valence-electron chi connectivity index (χ3n) is 6.83. The molecule has 31 heavy (non-hydrogen) atoms. The summed E-state index contributed by atoms with van der Waals surface area (Å²) < 4.78 is 0. The van der Waals surface area contributed by atoms with Crippen LogP contribution in [0.2, 0.25) is 0 Å². The third kappa shape index (κ3) is 4.04. The Hall–Kier alpha value is -2.86. The highest BCUT2D eigenvalue weighted by Crippen LogP contribution is 2.29. The molecule has 0 spiro atoms. The van der Waals surface area contributed by atoms with E-state index in [0.717, 1.165) is 64.9 Å². The zero-order valence-corrected chi connectivity index (χ0v) is 18.4. The Kier molecular flexibility index (Phi) is 5.64. The van der Waals surface area contributed by atoms with E-state index >= 15 is 0 Å². The summed E-state index contributed by atoms with van der Waals surface area (Å²) in [6, 6.07) is 4.22. The van der Waals surface area contributed by atoms with Gasteiger partial charge in [-0.3, -0.25) is 5.10 Å². The summed E-state index contributed by atoms with van der Waals surface area (Å²) in [4.78, 5) is 10.6. The number of anilines is 1. The van der Waals surface area contributed by atoms with Crippen LogP contribution in [0.15, 0.2) is 30.0 Å². The maximum Gasteiger partial charge on any atom is 0.137 e. The molecule has 0 saturated carbocycles. The number of aromatic amines is 2. The van der Waals surface area contributed by atoms with Gasteiger partial charge in [-0.15, -0.1) is 0 Å². The van der Waals surface area contributed by atoms with Gasteiger partial charge in [-0.05, 0) is 76.2 Å². The number of hydrogen-bond acceptors (Lipinski definition) is 4. The van der Waals surface area contributed by atoms with Gasteiger partial charge in [0.25, 0.3) is 0 Å². The first-order chi connectivity index (χ1) is 15.2. The minimum atomic E-state index is 0.669. The van der Waals surface area contributed by atoms with Crippen LogP contribution in [-0.4, -0.2) is 46.3 Å². The quantitative estimate of drug-likeness (QED) is 0.611. The number of fused-ring (bicyclic) bond motifs is 1. The van der Waals surface area contributed by atoms with E-state index in [9.17, 15) is 0 Å². The number of H-pyrrole nitrogens is 2. The number of allylic oxidation sites excluding steroid dienone is 2. The van der Waals surface area contributed by atoms with Gasteiger partial charge in [-0.25, -0.2) is 4.98 Å². The van der Waals surface area contributed by atoms with Crippen molar-refractivity contribution in [2.24, 2.45) is 5.92 Å². The van der Waals surface area contributed by atoms with Crippen LogP contribution in [0.25, 0.3) is 34.9 Å². The van der Waals surface area contributed by atoms with Crippen molar-refractivity contribution >= 4 is 29.4 Å². The first kappa shape index (κ1) is 20.1. The van der Waals surface area contributed by atoms with Crippen molar-refractivity contribution in [1.82, 2.24) is 25.5 Å². The Labute approximate surface area is 183 Å². The van der Waals surface area contributed by atoms with Crippen LogP contribution in [0.5, 0.6) is 0 Å². The van der Waals surface area contributed by atoms with E-state index in [2.05, 4.69) is 57.1 Å². The number of pyridine rings is 1. The van der Waals surface area contributed by atoms with Crippen molar-refractivity contribution in [1.29, 1.82) is 0 Å². The van der Waals surface area contributed by atoms with Crippen LogP contribution < -0.4 is 20.8 Å². The molecule has 162 valence electrons. The molecule has 0 radical (unpaired) electrons. The van der Waals surface area contributed by atoms with Crippen LogP contribution in [0.4, 0.5) is 5.82 Å². The zero-order valence-electron chi connectivity index (χ0n) is 18.4. The Balaban J connectivity index is 1.46. The molecule has 0 bridgehead atoms. The predicted molar refractivity (Wildman–Crippen MR) is 128 cm³/mol. The number of rotatable bonds is 4. The van der Waals surface area contributed by atoms with Gasteiger partial charge in [0, 0.05) is 29.9 Å². The van der Waals surface area contributed by atoms with Crippen molar-refractivity contribution < 1.29 is 0 Å². The maximum atomic E-state index is 4.70. The van der Waals surface area contributed by atoms with Gasteiger partial charge in [0.1, 0.15) is 11.5 Å². The molecule has 2 aliphatic heterocycles. The van der Waals surface area contributed by atoms with Crippen molar-refractivity contribution in [3.8, 4) is 11.4 Å². The molecule has 2 fully saturated rings. The van der Waals surface area contributed by atoms with Gasteiger partial charge >= 0.3 is 0 Å². The summed E-state index contributed by atoms with van der Waals surface area (Å²) in [6.07, 6.45) is 12.5. The molecule has 3 aromatic rings. The summed E-state index contributed by atoms with van der Waals surface area (Å²) in [5, 5.41) is 14.3. The fourth-order valence-electron chi connectivity index (χ4n) is 4.89. The van der Waals surface area contributed by atoms with E-state index in [1.54, 1.807) is 0 Å². The molecule has 3 aromatic heterocycles. The van der Waals surface area contributed by atoms with Gasteiger partial charge in [-0.1, -0.05) is 18.2 Å². The molecule has 6 heteroatoms. The average Bonchev–Trinajstić information content (AvgIpc) is 3.41. The lowest BCUT2D eigenvalue weighted by atomic mass is 9.91. The van der Waals surface area contributed by atoms with Gasteiger partial charge in [-0.2, -0.15) is 5.10 Å². The topological polar surface area (TPSA) is 72.6 Å². The van der Waals surface area contributed by atoms with E-state index in [-0.39, 0.29) is 0 Å². The highest BCUT2D eigenvalue weighted by molar-refractivity contribution is 5.94. The Morgan fingerprint density at radius 2 is 2.00 bits per heavy atom. The summed E-state index contributed by atoms with van der Waals surface area (Å²) in [7, 11) is 0. The largest absolute Gasteiger partial charge is 0.356 e.